The van der Waals surface area contributed by atoms with E-state index in [1.54, 1.807) is 0 Å². The minimum atomic E-state index is -6.09. The highest BCUT2D eigenvalue weighted by molar-refractivity contribution is 7.86. The Kier molecular flexibility index (Phi) is 4.25. The molecule has 0 unspecified atom stereocenters. The molecule has 2 rings (SSSR count). The molecule has 0 aliphatic heterocycles. The van der Waals surface area contributed by atoms with Crippen molar-refractivity contribution in [3.05, 3.63) is 48.8 Å². The van der Waals surface area contributed by atoms with Crippen LogP contribution in [0.2, 0.25) is 0 Å². The van der Waals surface area contributed by atoms with E-state index in [1.807, 2.05) is 36.7 Å². The highest BCUT2D eigenvalue weighted by Gasteiger charge is 2.36. The second kappa shape index (κ2) is 5.32. The molecule has 4 nitrogen and oxygen atoms in total. The highest BCUT2D eigenvalue weighted by atomic mass is 32.2. The molecule has 2 heterocycles. The van der Waals surface area contributed by atoms with Crippen LogP contribution >= 0.6 is 0 Å². The molecule has 0 aliphatic carbocycles. The third kappa shape index (κ3) is 3.97. The summed E-state index contributed by atoms with van der Waals surface area (Å²) < 4.78 is 61.0. The first-order chi connectivity index (χ1) is 8.22. The maximum Gasteiger partial charge on any atom is 0.485 e. The van der Waals surface area contributed by atoms with Crippen LogP contribution in [0.1, 0.15) is 0 Å². The quantitative estimate of drug-likeness (QED) is 0.417. The molecular weight excluding hydrogens is 271 g/mol. The Balaban J connectivity index is 0.000000187. The minimum absolute atomic E-state index is 1.23. The van der Waals surface area contributed by atoms with Gasteiger partial charge in [0.2, 0.25) is 5.52 Å². The Bertz CT molecular complexity index is 560. The Hall–Kier alpha value is -1.67. The topological polar surface area (TPSA) is 61.3 Å². The summed E-state index contributed by atoms with van der Waals surface area (Å²) in [7, 11) is -6.09. The molecule has 2 aromatic heterocycles. The first kappa shape index (κ1) is 14.4. The van der Waals surface area contributed by atoms with Crippen LogP contribution in [0, 0.1) is 0 Å². The molecule has 0 aliphatic rings. The number of halogens is 3. The number of pyridine rings is 2. The van der Waals surface area contributed by atoms with Crippen molar-refractivity contribution in [3.63, 3.8) is 0 Å². The number of hydrogen-bond donors (Lipinski definition) is 0. The maximum atomic E-state index is 10.7. The standard InChI is InChI=1S/C9H8N.CHF3O3S/c1-3-7-10-8-4-2-6-9(10)5-1;2-1(3,4)8(5,6)7/h1-8H;(H,5,6,7)/q+1;/p-1. The summed E-state index contributed by atoms with van der Waals surface area (Å²) in [4.78, 5) is 0. The summed E-state index contributed by atoms with van der Waals surface area (Å²) in [5.74, 6) is 0. The minimum Gasteiger partial charge on any atom is -0.741 e. The molecule has 0 saturated carbocycles. The Morgan fingerprint density at radius 1 is 1.00 bits per heavy atom. The fourth-order valence-electron chi connectivity index (χ4n) is 1.04. The number of alkyl halides is 3. The van der Waals surface area contributed by atoms with E-state index in [2.05, 4.69) is 16.5 Å². The molecule has 0 aromatic carbocycles. The Morgan fingerprint density at radius 2 is 1.39 bits per heavy atom. The van der Waals surface area contributed by atoms with Crippen LogP contribution in [-0.2, 0) is 10.1 Å². The van der Waals surface area contributed by atoms with E-state index in [4.69, 9.17) is 13.0 Å². The van der Waals surface area contributed by atoms with Gasteiger partial charge in [0.25, 0.3) is 0 Å². The Morgan fingerprint density at radius 3 is 1.67 bits per heavy atom. The molecule has 0 fully saturated rings. The average Bonchev–Trinajstić information content (AvgIpc) is 2.27. The monoisotopic (exact) mass is 279 g/mol. The van der Waals surface area contributed by atoms with E-state index in [1.165, 1.54) is 5.52 Å². The van der Waals surface area contributed by atoms with E-state index in [0.29, 0.717) is 0 Å². The second-order valence-corrected chi connectivity index (χ2v) is 4.50. The van der Waals surface area contributed by atoms with Crippen molar-refractivity contribution in [2.75, 3.05) is 0 Å². The van der Waals surface area contributed by atoms with Gasteiger partial charge in [-0.05, 0) is 12.1 Å². The van der Waals surface area contributed by atoms with Gasteiger partial charge in [0.1, 0.15) is 0 Å². The van der Waals surface area contributed by atoms with Crippen molar-refractivity contribution in [1.29, 1.82) is 0 Å². The van der Waals surface area contributed by atoms with Crippen LogP contribution in [0.3, 0.4) is 0 Å². The van der Waals surface area contributed by atoms with E-state index in [0.717, 1.165) is 0 Å². The normalized spacial score (nSPS) is 11.8. The molecule has 0 bridgehead atoms. The van der Waals surface area contributed by atoms with Gasteiger partial charge in [0.15, 0.2) is 22.5 Å². The molecule has 8 heteroatoms. The fraction of sp³-hybridized carbons (Fsp3) is 0.100. The molecule has 0 saturated heterocycles. The molecule has 0 atom stereocenters. The summed E-state index contributed by atoms with van der Waals surface area (Å²) in [5, 5.41) is 0. The number of hydrogen-bond acceptors (Lipinski definition) is 3. The van der Waals surface area contributed by atoms with E-state index in [9.17, 15) is 13.2 Å². The first-order valence-corrected chi connectivity index (χ1v) is 6.00. The van der Waals surface area contributed by atoms with Crippen molar-refractivity contribution in [2.45, 2.75) is 5.51 Å². The zero-order valence-electron chi connectivity index (χ0n) is 8.83. The molecular formula is C10H8F3NO3S. The van der Waals surface area contributed by atoms with Crippen LogP contribution in [0.4, 0.5) is 13.2 Å². The smallest absolute Gasteiger partial charge is 0.485 e. The van der Waals surface area contributed by atoms with E-state index >= 15 is 0 Å². The second-order valence-electron chi connectivity index (χ2n) is 3.13. The number of nitrogens with zero attached hydrogens (tertiary/aromatic N) is 1. The van der Waals surface area contributed by atoms with E-state index < -0.39 is 15.6 Å². The van der Waals surface area contributed by atoms with Crippen molar-refractivity contribution < 1.29 is 30.5 Å². The molecule has 18 heavy (non-hydrogen) atoms. The van der Waals surface area contributed by atoms with Gasteiger partial charge in [0, 0.05) is 24.3 Å². The third-order valence-electron chi connectivity index (χ3n) is 1.83. The van der Waals surface area contributed by atoms with Crippen LogP contribution < -0.4 is 4.40 Å². The molecule has 0 N–H and O–H groups in total. The fourth-order valence-corrected chi connectivity index (χ4v) is 1.04. The van der Waals surface area contributed by atoms with Gasteiger partial charge in [-0.25, -0.2) is 8.42 Å². The number of fused-ring (bicyclic) bond motifs is 1. The van der Waals surface area contributed by atoms with Gasteiger partial charge in [-0.1, -0.05) is 0 Å². The van der Waals surface area contributed by atoms with Crippen molar-refractivity contribution in [3.8, 4) is 0 Å². The predicted molar refractivity (Wildman–Crippen MR) is 55.4 cm³/mol. The van der Waals surface area contributed by atoms with Gasteiger partial charge in [-0.2, -0.15) is 17.6 Å². The lowest BCUT2D eigenvalue weighted by Gasteiger charge is -2.08. The maximum absolute atomic E-state index is 10.7. The third-order valence-corrected chi connectivity index (χ3v) is 2.40. The van der Waals surface area contributed by atoms with Crippen LogP contribution in [0.15, 0.2) is 48.8 Å². The van der Waals surface area contributed by atoms with Gasteiger partial charge >= 0.3 is 5.51 Å². The summed E-state index contributed by atoms with van der Waals surface area (Å²) in [5.41, 5.74) is -4.42. The molecule has 2 aromatic rings. The molecule has 98 valence electrons. The summed E-state index contributed by atoms with van der Waals surface area (Å²) in [6, 6.07) is 12.3. The largest absolute Gasteiger partial charge is 0.741 e. The van der Waals surface area contributed by atoms with E-state index in [-0.39, 0.29) is 0 Å². The van der Waals surface area contributed by atoms with Gasteiger partial charge in [0.05, 0.1) is 0 Å². The van der Waals surface area contributed by atoms with Gasteiger partial charge in [-0.15, -0.1) is 0 Å². The zero-order valence-corrected chi connectivity index (χ0v) is 9.65. The SMILES string of the molecule is O=S(=O)([O-])C(F)(F)F.c1cc[n+]2ccccc2c1. The van der Waals surface area contributed by atoms with Gasteiger partial charge < -0.3 is 4.55 Å². The Labute approximate surface area is 101 Å². The lowest BCUT2D eigenvalue weighted by atomic mass is 10.3. The van der Waals surface area contributed by atoms with Crippen molar-refractivity contribution >= 4 is 15.6 Å². The van der Waals surface area contributed by atoms with Gasteiger partial charge in [-0.3, -0.25) is 0 Å². The average molecular weight is 279 g/mol. The lowest BCUT2D eigenvalue weighted by Crippen LogP contribution is -2.21. The predicted octanol–water partition coefficient (Wildman–Crippen LogP) is 1.48. The summed E-state index contributed by atoms with van der Waals surface area (Å²) >= 11 is 0. The summed E-state index contributed by atoms with van der Waals surface area (Å²) in [6.07, 6.45) is 4.07. The zero-order chi connectivity index (χ0) is 13.8. The van der Waals surface area contributed by atoms with Crippen LogP contribution in [0.25, 0.3) is 5.52 Å². The molecule has 0 radical (unpaired) electrons. The first-order valence-electron chi connectivity index (χ1n) is 4.59. The van der Waals surface area contributed by atoms with Crippen LogP contribution in [-0.4, -0.2) is 18.5 Å². The number of rotatable bonds is 0. The lowest BCUT2D eigenvalue weighted by molar-refractivity contribution is -0.511. The molecule has 0 amide bonds. The number of aromatic nitrogens is 1. The van der Waals surface area contributed by atoms with Crippen molar-refractivity contribution in [2.24, 2.45) is 0 Å². The van der Waals surface area contributed by atoms with Crippen molar-refractivity contribution in [1.82, 2.24) is 0 Å². The highest BCUT2D eigenvalue weighted by Crippen LogP contribution is 2.20. The van der Waals surface area contributed by atoms with Crippen LogP contribution in [0.5, 0.6) is 0 Å². The summed E-state index contributed by atoms with van der Waals surface area (Å²) in [6.45, 7) is 0. The molecule has 0 spiro atoms.